The predicted molar refractivity (Wildman–Crippen MR) is 49.6 cm³/mol. The zero-order valence-corrected chi connectivity index (χ0v) is 7.71. The Morgan fingerprint density at radius 1 is 1.64 bits per heavy atom. The summed E-state index contributed by atoms with van der Waals surface area (Å²) in [4.78, 5) is 1.36. The van der Waals surface area contributed by atoms with Crippen LogP contribution >= 0.6 is 22.9 Å². The molecule has 0 aromatic carbocycles. The Bertz CT molecular complexity index is 240. The molecule has 0 bridgehead atoms. The van der Waals surface area contributed by atoms with Gasteiger partial charge in [-0.05, 0) is 24.4 Å². The summed E-state index contributed by atoms with van der Waals surface area (Å²) in [5.74, 6) is 0.669. The SMILES string of the molecule is Clc1ccsc1C1CCNC1. The molecule has 11 heavy (non-hydrogen) atoms. The maximum Gasteiger partial charge on any atom is 0.0548 e. The Labute approximate surface area is 75.4 Å². The average molecular weight is 188 g/mol. The van der Waals surface area contributed by atoms with E-state index >= 15 is 0 Å². The maximum atomic E-state index is 6.00. The molecule has 1 N–H and O–H groups in total. The Hall–Kier alpha value is -0.0500. The van der Waals surface area contributed by atoms with E-state index in [2.05, 4.69) is 10.7 Å². The lowest BCUT2D eigenvalue weighted by molar-refractivity contribution is 0.779. The Morgan fingerprint density at radius 2 is 2.55 bits per heavy atom. The second-order valence-electron chi connectivity index (χ2n) is 2.82. The molecule has 1 nitrogen and oxygen atoms in total. The average Bonchev–Trinajstić information content (AvgIpc) is 2.55. The van der Waals surface area contributed by atoms with Crippen LogP contribution in [0.3, 0.4) is 0 Å². The molecule has 2 rings (SSSR count). The molecule has 1 aliphatic heterocycles. The molecule has 60 valence electrons. The van der Waals surface area contributed by atoms with Crippen LogP contribution in [0.2, 0.25) is 5.02 Å². The molecule has 1 fully saturated rings. The first-order valence-electron chi connectivity index (χ1n) is 3.81. The molecule has 1 unspecified atom stereocenters. The van der Waals surface area contributed by atoms with E-state index in [1.165, 1.54) is 11.3 Å². The van der Waals surface area contributed by atoms with Gasteiger partial charge in [0.2, 0.25) is 0 Å². The van der Waals surface area contributed by atoms with Crippen LogP contribution in [0.25, 0.3) is 0 Å². The summed E-state index contributed by atoms with van der Waals surface area (Å²) in [6.07, 6.45) is 1.24. The van der Waals surface area contributed by atoms with Gasteiger partial charge in [0.25, 0.3) is 0 Å². The van der Waals surface area contributed by atoms with Crippen LogP contribution in [0.5, 0.6) is 0 Å². The van der Waals surface area contributed by atoms with Crippen molar-refractivity contribution in [3.63, 3.8) is 0 Å². The standard InChI is InChI=1S/C8H10ClNS/c9-7-2-4-11-8(7)6-1-3-10-5-6/h2,4,6,10H,1,3,5H2. The van der Waals surface area contributed by atoms with E-state index in [0.717, 1.165) is 18.1 Å². The van der Waals surface area contributed by atoms with Crippen molar-refractivity contribution in [1.29, 1.82) is 0 Å². The van der Waals surface area contributed by atoms with Gasteiger partial charge >= 0.3 is 0 Å². The van der Waals surface area contributed by atoms with Gasteiger partial charge in [-0.15, -0.1) is 11.3 Å². The van der Waals surface area contributed by atoms with Gasteiger partial charge in [0.05, 0.1) is 5.02 Å². The van der Waals surface area contributed by atoms with Gasteiger partial charge in [0.1, 0.15) is 0 Å². The molecule has 1 atom stereocenters. The van der Waals surface area contributed by atoms with E-state index < -0.39 is 0 Å². The normalized spacial score (nSPS) is 24.3. The van der Waals surface area contributed by atoms with Gasteiger partial charge in [-0.3, -0.25) is 0 Å². The minimum atomic E-state index is 0.669. The first kappa shape index (κ1) is 7.59. The van der Waals surface area contributed by atoms with Crippen molar-refractivity contribution in [1.82, 2.24) is 5.32 Å². The zero-order valence-electron chi connectivity index (χ0n) is 6.14. The Kier molecular flexibility index (Phi) is 2.16. The summed E-state index contributed by atoms with van der Waals surface area (Å²) in [6.45, 7) is 2.24. The molecule has 1 aromatic heterocycles. The van der Waals surface area contributed by atoms with E-state index in [-0.39, 0.29) is 0 Å². The maximum absolute atomic E-state index is 6.00. The quantitative estimate of drug-likeness (QED) is 0.713. The van der Waals surface area contributed by atoms with Crippen molar-refractivity contribution >= 4 is 22.9 Å². The largest absolute Gasteiger partial charge is 0.316 e. The van der Waals surface area contributed by atoms with Crippen molar-refractivity contribution in [2.24, 2.45) is 0 Å². The fourth-order valence-electron chi connectivity index (χ4n) is 1.48. The number of thiophene rings is 1. The molecule has 0 radical (unpaired) electrons. The number of hydrogen-bond acceptors (Lipinski definition) is 2. The summed E-state index contributed by atoms with van der Waals surface area (Å²) in [6, 6.07) is 1.99. The molecule has 0 saturated carbocycles. The minimum absolute atomic E-state index is 0.669. The number of hydrogen-bond donors (Lipinski definition) is 1. The molecule has 0 amide bonds. The van der Waals surface area contributed by atoms with Crippen LogP contribution in [0.4, 0.5) is 0 Å². The molecule has 0 spiro atoms. The summed E-state index contributed by atoms with van der Waals surface area (Å²) < 4.78 is 0. The molecule has 1 saturated heterocycles. The lowest BCUT2D eigenvalue weighted by Gasteiger charge is -2.04. The fraction of sp³-hybridized carbons (Fsp3) is 0.500. The van der Waals surface area contributed by atoms with Crippen LogP contribution in [0.1, 0.15) is 17.2 Å². The van der Waals surface area contributed by atoms with Gasteiger partial charge in [-0.25, -0.2) is 0 Å². The van der Waals surface area contributed by atoms with E-state index in [0.29, 0.717) is 5.92 Å². The summed E-state index contributed by atoms with van der Waals surface area (Å²) in [5, 5.41) is 6.35. The van der Waals surface area contributed by atoms with Gasteiger partial charge in [-0.1, -0.05) is 11.6 Å². The fourth-order valence-corrected chi connectivity index (χ4v) is 2.83. The minimum Gasteiger partial charge on any atom is -0.316 e. The number of rotatable bonds is 1. The van der Waals surface area contributed by atoms with Crippen molar-refractivity contribution in [3.8, 4) is 0 Å². The van der Waals surface area contributed by atoms with Crippen LogP contribution in [0, 0.1) is 0 Å². The first-order chi connectivity index (χ1) is 5.38. The summed E-state index contributed by atoms with van der Waals surface area (Å²) >= 11 is 7.78. The lowest BCUT2D eigenvalue weighted by Crippen LogP contribution is -2.07. The second kappa shape index (κ2) is 3.13. The highest BCUT2D eigenvalue weighted by molar-refractivity contribution is 7.10. The molecule has 0 aliphatic carbocycles. The van der Waals surface area contributed by atoms with Crippen LogP contribution in [-0.2, 0) is 0 Å². The summed E-state index contributed by atoms with van der Waals surface area (Å²) in [5.41, 5.74) is 0. The highest BCUT2D eigenvalue weighted by Gasteiger charge is 2.19. The highest BCUT2D eigenvalue weighted by Crippen LogP contribution is 2.33. The van der Waals surface area contributed by atoms with Crippen molar-refractivity contribution < 1.29 is 0 Å². The third-order valence-electron chi connectivity index (χ3n) is 2.08. The topological polar surface area (TPSA) is 12.0 Å². The molecular formula is C8H10ClNS. The third-order valence-corrected chi connectivity index (χ3v) is 3.60. The predicted octanol–water partition coefficient (Wildman–Crippen LogP) is 2.48. The molecule has 1 aliphatic rings. The van der Waals surface area contributed by atoms with Gasteiger partial charge in [0, 0.05) is 17.3 Å². The van der Waals surface area contributed by atoms with Gasteiger partial charge < -0.3 is 5.32 Å². The zero-order chi connectivity index (χ0) is 7.68. The number of halogens is 1. The van der Waals surface area contributed by atoms with E-state index in [9.17, 15) is 0 Å². The highest BCUT2D eigenvalue weighted by atomic mass is 35.5. The van der Waals surface area contributed by atoms with Crippen molar-refractivity contribution in [3.05, 3.63) is 21.3 Å². The lowest BCUT2D eigenvalue weighted by atomic mass is 10.1. The Morgan fingerprint density at radius 3 is 3.09 bits per heavy atom. The smallest absolute Gasteiger partial charge is 0.0548 e. The number of nitrogens with one attached hydrogen (secondary N) is 1. The van der Waals surface area contributed by atoms with Crippen molar-refractivity contribution in [2.75, 3.05) is 13.1 Å². The molecule has 3 heteroatoms. The van der Waals surface area contributed by atoms with Gasteiger partial charge in [0.15, 0.2) is 0 Å². The second-order valence-corrected chi connectivity index (χ2v) is 4.18. The van der Waals surface area contributed by atoms with E-state index in [1.54, 1.807) is 11.3 Å². The molecular weight excluding hydrogens is 178 g/mol. The van der Waals surface area contributed by atoms with E-state index in [4.69, 9.17) is 11.6 Å². The van der Waals surface area contributed by atoms with Crippen LogP contribution in [0.15, 0.2) is 11.4 Å². The monoisotopic (exact) mass is 187 g/mol. The summed E-state index contributed by atoms with van der Waals surface area (Å²) in [7, 11) is 0. The Balaban J connectivity index is 2.21. The molecule has 1 aromatic rings. The van der Waals surface area contributed by atoms with Crippen LogP contribution in [-0.4, -0.2) is 13.1 Å². The van der Waals surface area contributed by atoms with Gasteiger partial charge in [-0.2, -0.15) is 0 Å². The first-order valence-corrected chi connectivity index (χ1v) is 5.07. The van der Waals surface area contributed by atoms with E-state index in [1.807, 2.05) is 6.07 Å². The van der Waals surface area contributed by atoms with Crippen LogP contribution < -0.4 is 5.32 Å². The third kappa shape index (κ3) is 1.43. The van der Waals surface area contributed by atoms with Crippen molar-refractivity contribution in [2.45, 2.75) is 12.3 Å². The molecule has 2 heterocycles.